The van der Waals surface area contributed by atoms with Gasteiger partial charge in [0.25, 0.3) is 5.79 Å². The lowest BCUT2D eigenvalue weighted by molar-refractivity contribution is -0.378. The number of nitrogens with one attached hydrogen (secondary N) is 3. The molecule has 0 radical (unpaired) electrons. The van der Waals surface area contributed by atoms with Crippen molar-refractivity contribution < 1.29 is 144 Å². The minimum absolute atomic E-state index is 0.701. The summed E-state index contributed by atoms with van der Waals surface area (Å²) in [6.07, 6.45) is -43.6. The van der Waals surface area contributed by atoms with E-state index >= 15 is 0 Å². The molecule has 32 heteroatoms. The van der Waals surface area contributed by atoms with Gasteiger partial charge in [0.15, 0.2) is 25.2 Å². The molecule has 19 N–H and O–H groups in total. The first kappa shape index (κ1) is 58.8. The third-order valence-corrected chi connectivity index (χ3v) is 12.5. The Morgan fingerprint density at radius 1 is 0.563 bits per heavy atom. The van der Waals surface area contributed by atoms with Gasteiger partial charge in [-0.15, -0.1) is 0 Å². The first-order chi connectivity index (χ1) is 33.3. The molecule has 3 amide bonds. The van der Waals surface area contributed by atoms with Crippen molar-refractivity contribution in [2.75, 3.05) is 33.0 Å². The van der Waals surface area contributed by atoms with Crippen LogP contribution in [0.3, 0.4) is 0 Å². The van der Waals surface area contributed by atoms with E-state index in [1.807, 2.05) is 0 Å². The first-order valence-corrected chi connectivity index (χ1v) is 22.2. The molecule has 0 saturated carbocycles. The fraction of sp³-hybridized carbons (Fsp3) is 0.897. The Morgan fingerprint density at radius 2 is 1.00 bits per heavy atom. The van der Waals surface area contributed by atoms with Crippen molar-refractivity contribution in [1.29, 1.82) is 0 Å². The molecule has 5 fully saturated rings. The molecule has 0 aromatic carbocycles. The Hall–Kier alpha value is -3.08. The zero-order valence-electron chi connectivity index (χ0n) is 38.1. The number of ether oxygens (including phenoxy) is 9. The number of amides is 3. The summed E-state index contributed by atoms with van der Waals surface area (Å²) >= 11 is 0. The summed E-state index contributed by atoms with van der Waals surface area (Å²) in [5.74, 6) is -7.24. The van der Waals surface area contributed by atoms with E-state index in [-0.39, 0.29) is 0 Å². The Bertz CT molecular complexity index is 1770. The van der Waals surface area contributed by atoms with Gasteiger partial charge in [0.2, 0.25) is 17.7 Å². The fourth-order valence-electron chi connectivity index (χ4n) is 8.84. The number of carboxylic acids is 1. The lowest BCUT2D eigenvalue weighted by atomic mass is 9.88. The van der Waals surface area contributed by atoms with Crippen molar-refractivity contribution in [3.8, 4) is 0 Å². The van der Waals surface area contributed by atoms with Gasteiger partial charge in [0.1, 0.15) is 116 Å². The second-order valence-corrected chi connectivity index (χ2v) is 17.6. The van der Waals surface area contributed by atoms with Crippen LogP contribution in [0.15, 0.2) is 0 Å². The summed E-state index contributed by atoms with van der Waals surface area (Å²) < 4.78 is 50.9. The largest absolute Gasteiger partial charge is 0.477 e. The Kier molecular flexibility index (Phi) is 20.7. The summed E-state index contributed by atoms with van der Waals surface area (Å²) in [4.78, 5) is 48.8. The highest BCUT2D eigenvalue weighted by molar-refractivity contribution is 5.76. The van der Waals surface area contributed by atoms with Gasteiger partial charge in [0.05, 0.1) is 45.2 Å². The number of rotatable bonds is 19. The topological polar surface area (TPSA) is 511 Å². The maximum absolute atomic E-state index is 12.7. The second kappa shape index (κ2) is 25.0. The molecule has 0 aliphatic carbocycles. The van der Waals surface area contributed by atoms with Crippen LogP contribution in [-0.2, 0) is 61.8 Å². The van der Waals surface area contributed by atoms with Crippen LogP contribution in [0.25, 0.3) is 0 Å². The molecule has 26 atom stereocenters. The van der Waals surface area contributed by atoms with Crippen LogP contribution in [0.4, 0.5) is 0 Å². The summed E-state index contributed by atoms with van der Waals surface area (Å²) in [7, 11) is 0. The molecule has 410 valence electrons. The van der Waals surface area contributed by atoms with E-state index in [0.29, 0.717) is 0 Å². The predicted molar refractivity (Wildman–Crippen MR) is 219 cm³/mol. The summed E-state index contributed by atoms with van der Waals surface area (Å²) in [6.45, 7) is -2.03. The van der Waals surface area contributed by atoms with Crippen LogP contribution in [0.5, 0.6) is 0 Å². The second-order valence-electron chi connectivity index (χ2n) is 17.6. The molecule has 0 aromatic rings. The number of hydrogen-bond acceptors (Lipinski definition) is 28. The highest BCUT2D eigenvalue weighted by Gasteiger charge is 2.59. The van der Waals surface area contributed by atoms with Gasteiger partial charge >= 0.3 is 5.97 Å². The first-order valence-electron chi connectivity index (χ1n) is 22.2. The van der Waals surface area contributed by atoms with Gasteiger partial charge in [0, 0.05) is 27.2 Å². The van der Waals surface area contributed by atoms with Crippen LogP contribution in [-0.4, -0.2) is 297 Å². The van der Waals surface area contributed by atoms with Gasteiger partial charge in [-0.1, -0.05) is 0 Å². The van der Waals surface area contributed by atoms with E-state index in [0.717, 1.165) is 20.8 Å². The van der Waals surface area contributed by atoms with Crippen LogP contribution in [0.2, 0.25) is 0 Å². The number of hydrogen-bond donors (Lipinski definition) is 19. The Balaban J connectivity index is 1.32. The van der Waals surface area contributed by atoms with Crippen molar-refractivity contribution in [2.24, 2.45) is 0 Å². The van der Waals surface area contributed by atoms with Gasteiger partial charge < -0.3 is 140 Å². The summed E-state index contributed by atoms with van der Waals surface area (Å²) in [6, 6.07) is -4.85. The number of aliphatic carboxylic acids is 1. The zero-order valence-corrected chi connectivity index (χ0v) is 38.1. The number of carbonyl (C=O) groups is 4. The number of carbonyl (C=O) groups excluding carboxylic acids is 3. The molecule has 0 bridgehead atoms. The third-order valence-electron chi connectivity index (χ3n) is 12.5. The fourth-order valence-corrected chi connectivity index (χ4v) is 8.84. The molecule has 71 heavy (non-hydrogen) atoms. The standard InChI is InChI=1S/C39H65N3O29/c1-10(47)40-19-13(50)4-39(38(61)62,71-33(19)22(52)14(51)5-43)63-9-18-23(53)26(56)28(58)36(67-18)70-31-16(7-45)65-35(21(25(31)55)42-12(3)49)68-32-17(8-46)66-37(29(59)27(32)57)69-30-15(6-44)64-34(60)20(24(30)54)41-11(2)48/h13-37,43-46,50-60H,4-9H2,1-3H3,(H,40,47)(H,41,48)(H,42,49)(H,61,62)/t13-,14+,15+,16+,17+,18+,19+,20+,21+,22+,23-,24+,25+,26-,27+,28+,29+,30+,31+,32-,33+,34?,35-,36-,37-,39+/m0/s1. The third kappa shape index (κ3) is 13.1. The molecule has 5 saturated heterocycles. The van der Waals surface area contributed by atoms with E-state index in [9.17, 15) is 101 Å². The van der Waals surface area contributed by atoms with Crippen molar-refractivity contribution in [1.82, 2.24) is 16.0 Å². The molecule has 5 aliphatic heterocycles. The summed E-state index contributed by atoms with van der Waals surface area (Å²) in [5, 5.41) is 177. The minimum Gasteiger partial charge on any atom is -0.477 e. The lowest BCUT2D eigenvalue weighted by Gasteiger charge is -2.50. The molecular weight excluding hydrogens is 974 g/mol. The average Bonchev–Trinajstić information content (AvgIpc) is 3.31. The van der Waals surface area contributed by atoms with Crippen LogP contribution in [0, 0.1) is 0 Å². The molecular formula is C39H65N3O29. The van der Waals surface area contributed by atoms with Gasteiger partial charge in [-0.3, -0.25) is 14.4 Å². The molecule has 0 aromatic heterocycles. The molecule has 5 heterocycles. The van der Waals surface area contributed by atoms with E-state index in [1.165, 1.54) is 0 Å². The van der Waals surface area contributed by atoms with E-state index in [4.69, 9.17) is 42.6 Å². The van der Waals surface area contributed by atoms with E-state index < -0.39 is 222 Å². The van der Waals surface area contributed by atoms with Crippen LogP contribution >= 0.6 is 0 Å². The monoisotopic (exact) mass is 1040 g/mol. The number of aliphatic hydroxyl groups is 15. The van der Waals surface area contributed by atoms with Crippen molar-refractivity contribution >= 4 is 23.7 Å². The molecule has 0 spiro atoms. The smallest absolute Gasteiger partial charge is 0.364 e. The maximum Gasteiger partial charge on any atom is 0.364 e. The van der Waals surface area contributed by atoms with Gasteiger partial charge in [-0.05, 0) is 0 Å². The van der Waals surface area contributed by atoms with Gasteiger partial charge in [-0.2, -0.15) is 0 Å². The highest BCUT2D eigenvalue weighted by atomic mass is 16.8. The SMILES string of the molecule is CC(=O)N[C@H]1[C@H](O[C@@H]2[C@H](O)[C@@H](O)[C@H](O[C@H]3[C@H](O)[C@@H](NC(C)=O)C(O)O[C@@H]3CO)O[C@@H]2CO)O[C@H](CO)[C@@H](O[C@@H]2O[C@H](CO[C@]3(C(=O)O)C[C@H](O)[C@@H](NC(C)=O)[C@H]([C@H](O)[C@H](O)CO)O3)[C@H](O)[C@H](O)[C@H]2O)[C@@H]1O. The number of carboxylic acid groups (broad SMARTS) is 1. The van der Waals surface area contributed by atoms with E-state index in [1.54, 1.807) is 0 Å². The molecule has 5 aliphatic rings. The normalized spacial score (nSPS) is 45.0. The van der Waals surface area contributed by atoms with Crippen LogP contribution in [0.1, 0.15) is 27.2 Å². The maximum atomic E-state index is 12.7. The quantitative estimate of drug-likeness (QED) is 0.0571. The molecule has 32 nitrogen and oxygen atoms in total. The van der Waals surface area contributed by atoms with Crippen molar-refractivity contribution in [3.05, 3.63) is 0 Å². The van der Waals surface area contributed by atoms with Crippen molar-refractivity contribution in [2.45, 2.75) is 186 Å². The zero-order chi connectivity index (χ0) is 53.0. The van der Waals surface area contributed by atoms with Crippen molar-refractivity contribution in [3.63, 3.8) is 0 Å². The number of aliphatic hydroxyl groups excluding tert-OH is 15. The Morgan fingerprint density at radius 3 is 1.51 bits per heavy atom. The van der Waals surface area contributed by atoms with Gasteiger partial charge in [-0.25, -0.2) is 4.79 Å². The average molecular weight is 1040 g/mol. The van der Waals surface area contributed by atoms with E-state index in [2.05, 4.69) is 16.0 Å². The predicted octanol–water partition coefficient (Wildman–Crippen LogP) is -12.3. The lowest BCUT2D eigenvalue weighted by Crippen LogP contribution is -2.70. The molecule has 5 rings (SSSR count). The van der Waals surface area contributed by atoms with Crippen LogP contribution < -0.4 is 16.0 Å². The molecule has 1 unspecified atom stereocenters. The Labute approximate surface area is 402 Å². The minimum atomic E-state index is -2.96. The summed E-state index contributed by atoms with van der Waals surface area (Å²) in [5.41, 5.74) is 0. The highest BCUT2D eigenvalue weighted by Crippen LogP contribution is 2.37.